The summed E-state index contributed by atoms with van der Waals surface area (Å²) in [6, 6.07) is 24.1. The Morgan fingerprint density at radius 3 is 2.33 bits per heavy atom. The Balaban J connectivity index is 0.000000203. The maximum Gasteiger partial charge on any atom is 0.410 e. The maximum absolute atomic E-state index is 12.0. The van der Waals surface area contributed by atoms with Crippen LogP contribution in [0.5, 0.6) is 0 Å². The molecule has 3 aromatic rings. The zero-order chi connectivity index (χ0) is 23.8. The molecule has 6 nitrogen and oxygen atoms in total. The number of carbonyl (C=O) groups is 2. The number of amides is 1. The molecule has 1 fully saturated rings. The number of hydrogen-bond donors (Lipinski definition) is 2. The van der Waals surface area contributed by atoms with Gasteiger partial charge in [0.25, 0.3) is 0 Å². The molecule has 6 heteroatoms. The van der Waals surface area contributed by atoms with Gasteiger partial charge >= 0.3 is 12.1 Å². The Morgan fingerprint density at radius 2 is 1.70 bits per heavy atom. The Bertz CT molecular complexity index is 1060. The third-order valence-electron chi connectivity index (χ3n) is 6.06. The molecule has 174 valence electrons. The van der Waals surface area contributed by atoms with Crippen LogP contribution in [0.25, 0.3) is 10.8 Å². The van der Waals surface area contributed by atoms with E-state index in [0.29, 0.717) is 6.54 Å². The number of likely N-dealkylation sites (tertiary alicyclic amines) is 1. The number of benzene rings is 3. The second-order valence-electron chi connectivity index (χ2n) is 8.42. The molecule has 3 aromatic carbocycles. The second-order valence-corrected chi connectivity index (χ2v) is 8.42. The van der Waals surface area contributed by atoms with Crippen molar-refractivity contribution in [1.82, 2.24) is 4.90 Å². The topological polar surface area (TPSA) is 92.9 Å². The van der Waals surface area contributed by atoms with Crippen LogP contribution in [0.4, 0.5) is 4.79 Å². The highest BCUT2D eigenvalue weighted by Gasteiger charge is 2.39. The number of hydrogen-bond acceptors (Lipinski definition) is 4. The fraction of sp³-hybridized carbons (Fsp3) is 0.333. The normalized spacial score (nSPS) is 18.3. The fourth-order valence-corrected chi connectivity index (χ4v) is 4.17. The van der Waals surface area contributed by atoms with Crippen molar-refractivity contribution in [1.29, 1.82) is 0 Å². The molecule has 1 saturated heterocycles. The van der Waals surface area contributed by atoms with E-state index in [1.807, 2.05) is 56.3 Å². The minimum atomic E-state index is -0.838. The van der Waals surface area contributed by atoms with Gasteiger partial charge in [0, 0.05) is 19.1 Å². The number of carbonyl (C=O) groups excluding carboxylic acids is 1. The summed E-state index contributed by atoms with van der Waals surface area (Å²) < 4.78 is 5.23. The van der Waals surface area contributed by atoms with Crippen LogP contribution >= 0.6 is 0 Å². The largest absolute Gasteiger partial charge is 0.481 e. The highest BCUT2D eigenvalue weighted by Crippen LogP contribution is 2.27. The second kappa shape index (κ2) is 11.5. The smallest absolute Gasteiger partial charge is 0.410 e. The van der Waals surface area contributed by atoms with Crippen molar-refractivity contribution < 1.29 is 19.4 Å². The lowest BCUT2D eigenvalue weighted by atomic mass is 9.94. The van der Waals surface area contributed by atoms with Crippen LogP contribution in [0.2, 0.25) is 0 Å². The lowest BCUT2D eigenvalue weighted by Gasteiger charge is -2.15. The Kier molecular flexibility index (Phi) is 8.44. The zero-order valence-electron chi connectivity index (χ0n) is 19.2. The van der Waals surface area contributed by atoms with E-state index in [2.05, 4.69) is 30.3 Å². The molecule has 0 bridgehead atoms. The quantitative estimate of drug-likeness (QED) is 0.558. The van der Waals surface area contributed by atoms with Gasteiger partial charge in [0.2, 0.25) is 0 Å². The summed E-state index contributed by atoms with van der Waals surface area (Å²) in [5.74, 6) is -1.31. The van der Waals surface area contributed by atoms with Crippen LogP contribution < -0.4 is 5.73 Å². The molecule has 1 heterocycles. The van der Waals surface area contributed by atoms with E-state index >= 15 is 0 Å². The van der Waals surface area contributed by atoms with Crippen LogP contribution in [0.1, 0.15) is 37.4 Å². The van der Waals surface area contributed by atoms with Gasteiger partial charge in [0.1, 0.15) is 6.61 Å². The van der Waals surface area contributed by atoms with Crippen molar-refractivity contribution in [3.05, 3.63) is 83.9 Å². The standard InChI is InChI=1S/C15H19NO4.C12H13N/c1-2-12-8-16(9-13(12)14(17)18)15(19)20-10-11-6-4-3-5-7-11;1-9(13)11-8-4-6-10-5-2-3-7-12(10)11/h3-7,12-13H,2,8-10H2,1H3,(H,17,18);2-9H,13H2,1H3/t;9-/m.1/s1. The SMILES string of the molecule is CCC1CN(C(=O)OCc2ccccc2)CC1C(=O)O.C[C@@H](N)c1cccc2ccccc12. The van der Waals surface area contributed by atoms with E-state index in [0.717, 1.165) is 12.0 Å². The van der Waals surface area contributed by atoms with Gasteiger partial charge in [-0.15, -0.1) is 0 Å². The van der Waals surface area contributed by atoms with E-state index in [1.54, 1.807) is 0 Å². The highest BCUT2D eigenvalue weighted by atomic mass is 16.6. The summed E-state index contributed by atoms with van der Waals surface area (Å²) in [7, 11) is 0. The lowest BCUT2D eigenvalue weighted by molar-refractivity contribution is -0.142. The summed E-state index contributed by atoms with van der Waals surface area (Å²) in [6.07, 6.45) is 0.315. The first-order chi connectivity index (χ1) is 15.9. The molecule has 1 amide bonds. The molecule has 0 spiro atoms. The third kappa shape index (κ3) is 6.33. The molecule has 1 aliphatic heterocycles. The van der Waals surface area contributed by atoms with Gasteiger partial charge < -0.3 is 20.5 Å². The number of rotatable bonds is 5. The predicted molar refractivity (Wildman–Crippen MR) is 130 cm³/mol. The van der Waals surface area contributed by atoms with Gasteiger partial charge in [0.15, 0.2) is 0 Å². The van der Waals surface area contributed by atoms with Gasteiger partial charge in [-0.25, -0.2) is 4.79 Å². The van der Waals surface area contributed by atoms with E-state index < -0.39 is 18.0 Å². The first-order valence-electron chi connectivity index (χ1n) is 11.3. The van der Waals surface area contributed by atoms with Gasteiger partial charge in [-0.05, 0) is 34.7 Å². The van der Waals surface area contributed by atoms with Crippen LogP contribution in [0, 0.1) is 11.8 Å². The molecular formula is C27H32N2O4. The van der Waals surface area contributed by atoms with Crippen molar-refractivity contribution >= 4 is 22.8 Å². The zero-order valence-corrected chi connectivity index (χ0v) is 19.2. The average Bonchev–Trinajstić information content (AvgIpc) is 3.28. The number of carboxylic acids is 1. The first kappa shape index (κ1) is 24.3. The minimum absolute atomic E-state index is 0.0109. The van der Waals surface area contributed by atoms with Gasteiger partial charge in [-0.2, -0.15) is 0 Å². The van der Waals surface area contributed by atoms with E-state index in [1.165, 1.54) is 21.2 Å². The Morgan fingerprint density at radius 1 is 1.03 bits per heavy atom. The number of ether oxygens (including phenoxy) is 1. The van der Waals surface area contributed by atoms with Crippen LogP contribution in [-0.4, -0.2) is 35.2 Å². The monoisotopic (exact) mass is 448 g/mol. The van der Waals surface area contributed by atoms with E-state index in [4.69, 9.17) is 15.6 Å². The summed E-state index contributed by atoms with van der Waals surface area (Å²) >= 11 is 0. The average molecular weight is 449 g/mol. The predicted octanol–water partition coefficient (Wildman–Crippen LogP) is 5.23. The van der Waals surface area contributed by atoms with Crippen molar-refractivity contribution in [2.45, 2.75) is 32.9 Å². The molecule has 2 unspecified atom stereocenters. The summed E-state index contributed by atoms with van der Waals surface area (Å²) in [5.41, 5.74) is 8.02. The molecule has 0 radical (unpaired) electrons. The van der Waals surface area contributed by atoms with E-state index in [9.17, 15) is 9.59 Å². The molecule has 4 rings (SSSR count). The van der Waals surface area contributed by atoms with Crippen LogP contribution in [-0.2, 0) is 16.1 Å². The molecular weight excluding hydrogens is 416 g/mol. The van der Waals surface area contributed by atoms with Crippen molar-refractivity contribution in [3.8, 4) is 0 Å². The van der Waals surface area contributed by atoms with Gasteiger partial charge in [-0.1, -0.05) is 86.1 Å². The Hall–Kier alpha value is -3.38. The maximum atomic E-state index is 12.0. The van der Waals surface area contributed by atoms with Crippen molar-refractivity contribution in [3.63, 3.8) is 0 Å². The molecule has 0 aromatic heterocycles. The summed E-state index contributed by atoms with van der Waals surface area (Å²) in [5, 5.41) is 11.7. The number of fused-ring (bicyclic) bond motifs is 1. The minimum Gasteiger partial charge on any atom is -0.481 e. The van der Waals surface area contributed by atoms with Crippen molar-refractivity contribution in [2.75, 3.05) is 13.1 Å². The van der Waals surface area contributed by atoms with Crippen LogP contribution in [0.15, 0.2) is 72.8 Å². The van der Waals surface area contributed by atoms with Gasteiger partial charge in [-0.3, -0.25) is 4.79 Å². The number of nitrogens with zero attached hydrogens (tertiary/aromatic N) is 1. The molecule has 0 aliphatic carbocycles. The third-order valence-corrected chi connectivity index (χ3v) is 6.06. The van der Waals surface area contributed by atoms with E-state index in [-0.39, 0.29) is 25.1 Å². The molecule has 3 N–H and O–H groups in total. The van der Waals surface area contributed by atoms with Gasteiger partial charge in [0.05, 0.1) is 5.92 Å². The molecule has 3 atom stereocenters. The van der Waals surface area contributed by atoms with Crippen molar-refractivity contribution in [2.24, 2.45) is 17.6 Å². The highest BCUT2D eigenvalue weighted by molar-refractivity contribution is 5.86. The molecule has 0 saturated carbocycles. The molecule has 33 heavy (non-hydrogen) atoms. The summed E-state index contributed by atoms with van der Waals surface area (Å²) in [6.45, 7) is 4.87. The number of aliphatic carboxylic acids is 1. The first-order valence-corrected chi connectivity index (χ1v) is 11.3. The van der Waals surface area contributed by atoms with Crippen LogP contribution in [0.3, 0.4) is 0 Å². The number of nitrogens with two attached hydrogens (primary N) is 1. The Labute approximate surface area is 195 Å². The number of carboxylic acid groups (broad SMARTS) is 1. The fourth-order valence-electron chi connectivity index (χ4n) is 4.17. The molecule has 1 aliphatic rings. The lowest BCUT2D eigenvalue weighted by Crippen LogP contribution is -2.30. The summed E-state index contributed by atoms with van der Waals surface area (Å²) in [4.78, 5) is 24.6.